The lowest BCUT2D eigenvalue weighted by Crippen LogP contribution is -2.23. The topological polar surface area (TPSA) is 103 Å². The van der Waals surface area contributed by atoms with E-state index in [1.165, 1.54) is 35.8 Å². The van der Waals surface area contributed by atoms with Gasteiger partial charge in [-0.1, -0.05) is 6.07 Å². The van der Waals surface area contributed by atoms with E-state index in [0.29, 0.717) is 33.7 Å². The van der Waals surface area contributed by atoms with Crippen molar-refractivity contribution in [2.24, 2.45) is 0 Å². The molecule has 0 radical (unpaired) electrons. The number of carbonyl (C=O) groups excluding carboxylic acids is 2. The zero-order valence-electron chi connectivity index (χ0n) is 21.4. The normalized spacial score (nSPS) is 10.9. The van der Waals surface area contributed by atoms with Gasteiger partial charge in [-0.2, -0.15) is 9.97 Å². The molecule has 10 heteroatoms. The van der Waals surface area contributed by atoms with Gasteiger partial charge < -0.3 is 10.1 Å². The Balaban J connectivity index is 1.42. The van der Waals surface area contributed by atoms with E-state index < -0.39 is 17.5 Å². The molecule has 3 aromatic carbocycles. The lowest BCUT2D eigenvalue weighted by molar-refractivity contribution is 0.0949. The Kier molecular flexibility index (Phi) is 7.15. The van der Waals surface area contributed by atoms with Crippen LogP contribution >= 0.6 is 0 Å². The Morgan fingerprint density at radius 2 is 1.60 bits per heavy atom. The summed E-state index contributed by atoms with van der Waals surface area (Å²) >= 11 is 0. The third-order valence-corrected chi connectivity index (χ3v) is 6.23. The first kappa shape index (κ1) is 26.4. The molecule has 0 saturated carbocycles. The molecule has 5 aromatic rings. The van der Waals surface area contributed by atoms with Gasteiger partial charge in [-0.05, 0) is 74.5 Å². The number of fused-ring (bicyclic) bond motifs is 1. The maximum atomic E-state index is 13.9. The number of halogens is 2. The second-order valence-corrected chi connectivity index (χ2v) is 8.98. The molecule has 0 bridgehead atoms. The number of aryl methyl sites for hydroxylation is 1. The van der Waals surface area contributed by atoms with Crippen LogP contribution in [0.4, 0.5) is 8.78 Å². The van der Waals surface area contributed by atoms with Gasteiger partial charge in [0.1, 0.15) is 17.4 Å². The number of benzene rings is 3. The number of rotatable bonds is 7. The summed E-state index contributed by atoms with van der Waals surface area (Å²) in [7, 11) is 0. The molecule has 5 rings (SSSR count). The third-order valence-electron chi connectivity index (χ3n) is 6.23. The van der Waals surface area contributed by atoms with Crippen LogP contribution in [0.15, 0.2) is 83.7 Å². The van der Waals surface area contributed by atoms with Crippen LogP contribution in [-0.4, -0.2) is 26.2 Å². The average Bonchev–Trinajstić information content (AvgIpc) is 2.93. The van der Waals surface area contributed by atoms with Gasteiger partial charge >= 0.3 is 6.01 Å². The number of aromatic nitrogens is 3. The third kappa shape index (κ3) is 5.46. The molecule has 8 nitrogen and oxygen atoms in total. The van der Waals surface area contributed by atoms with Gasteiger partial charge in [0.05, 0.1) is 11.4 Å². The molecule has 0 fully saturated rings. The van der Waals surface area contributed by atoms with E-state index in [2.05, 4.69) is 15.3 Å². The Morgan fingerprint density at radius 1 is 0.900 bits per heavy atom. The quantitative estimate of drug-likeness (QED) is 0.281. The van der Waals surface area contributed by atoms with Crippen molar-refractivity contribution in [3.63, 3.8) is 0 Å². The summed E-state index contributed by atoms with van der Waals surface area (Å²) in [5.74, 6) is -1.57. The standard InChI is InChI=1S/C30H22F2N4O4/c1-17-25-13-14-27(38)36(28(25)35-30(34-17)40-24-11-6-19(7-12-24)18(2)37)23-9-4-20(5-10-23)29(39)33-16-21-3-8-22(31)15-26(21)32/h3-15H,16H2,1-2H3,(H,33,39). The Bertz CT molecular complexity index is 1820. The van der Waals surface area contributed by atoms with E-state index >= 15 is 0 Å². The van der Waals surface area contributed by atoms with Gasteiger partial charge in [0.25, 0.3) is 11.5 Å². The van der Waals surface area contributed by atoms with E-state index in [4.69, 9.17) is 4.74 Å². The highest BCUT2D eigenvalue weighted by molar-refractivity contribution is 5.94. The molecule has 0 unspecified atom stereocenters. The smallest absolute Gasteiger partial charge is 0.324 e. The van der Waals surface area contributed by atoms with Crippen LogP contribution in [0.1, 0.15) is 38.9 Å². The second kappa shape index (κ2) is 10.9. The molecule has 2 heterocycles. The molecular formula is C30H22F2N4O4. The first-order valence-corrected chi connectivity index (χ1v) is 12.2. The fourth-order valence-electron chi connectivity index (χ4n) is 4.10. The van der Waals surface area contributed by atoms with E-state index in [0.717, 1.165) is 12.1 Å². The molecule has 200 valence electrons. The van der Waals surface area contributed by atoms with E-state index in [-0.39, 0.29) is 35.0 Å². The molecule has 0 saturated heterocycles. The summed E-state index contributed by atoms with van der Waals surface area (Å²) in [5, 5.41) is 3.22. The number of nitrogens with one attached hydrogen (secondary N) is 1. The van der Waals surface area contributed by atoms with Crippen LogP contribution < -0.4 is 15.6 Å². The van der Waals surface area contributed by atoms with E-state index in [1.807, 2.05) is 0 Å². The lowest BCUT2D eigenvalue weighted by Gasteiger charge is -2.13. The Labute approximate surface area is 226 Å². The first-order valence-electron chi connectivity index (χ1n) is 12.2. The van der Waals surface area contributed by atoms with Crippen LogP contribution in [0.3, 0.4) is 0 Å². The van der Waals surface area contributed by atoms with Crippen LogP contribution in [0.5, 0.6) is 11.8 Å². The summed E-state index contributed by atoms with van der Waals surface area (Å²) in [6, 6.07) is 19.0. The highest BCUT2D eigenvalue weighted by atomic mass is 19.1. The van der Waals surface area contributed by atoms with Crippen LogP contribution in [0, 0.1) is 18.6 Å². The van der Waals surface area contributed by atoms with Crippen LogP contribution in [-0.2, 0) is 6.54 Å². The first-order chi connectivity index (χ1) is 19.2. The second-order valence-electron chi connectivity index (χ2n) is 8.98. The number of pyridine rings is 1. The number of carbonyl (C=O) groups is 2. The van der Waals surface area contributed by atoms with Crippen molar-refractivity contribution in [1.82, 2.24) is 19.9 Å². The molecule has 1 N–H and O–H groups in total. The molecular weight excluding hydrogens is 518 g/mol. The predicted molar refractivity (Wildman–Crippen MR) is 144 cm³/mol. The zero-order valence-corrected chi connectivity index (χ0v) is 21.4. The predicted octanol–water partition coefficient (Wildman–Crippen LogP) is 5.29. The lowest BCUT2D eigenvalue weighted by atomic mass is 10.1. The fraction of sp³-hybridized carbons (Fsp3) is 0.100. The Hall–Kier alpha value is -5.25. The molecule has 1 amide bonds. The minimum absolute atomic E-state index is 0.0175. The van der Waals surface area contributed by atoms with Crippen molar-refractivity contribution in [2.45, 2.75) is 20.4 Å². The summed E-state index contributed by atoms with van der Waals surface area (Å²) in [6.45, 7) is 3.12. The van der Waals surface area contributed by atoms with Crippen molar-refractivity contribution < 1.29 is 23.1 Å². The summed E-state index contributed by atoms with van der Waals surface area (Å²) in [4.78, 5) is 46.0. The monoisotopic (exact) mass is 540 g/mol. The minimum atomic E-state index is -0.750. The average molecular weight is 541 g/mol. The number of Topliss-reactive ketones (excluding diaryl/α,β-unsaturated/α-hetero) is 1. The summed E-state index contributed by atoms with van der Waals surface area (Å²) < 4.78 is 34.2. The highest BCUT2D eigenvalue weighted by Crippen LogP contribution is 2.24. The molecule has 2 aromatic heterocycles. The fourth-order valence-corrected chi connectivity index (χ4v) is 4.10. The molecule has 0 aliphatic rings. The molecule has 0 atom stereocenters. The van der Waals surface area contributed by atoms with Crippen LogP contribution in [0.2, 0.25) is 0 Å². The summed E-state index contributed by atoms with van der Waals surface area (Å²) in [5.41, 5.74) is 1.95. The summed E-state index contributed by atoms with van der Waals surface area (Å²) in [6.07, 6.45) is 0. The highest BCUT2D eigenvalue weighted by Gasteiger charge is 2.15. The van der Waals surface area contributed by atoms with E-state index in [1.54, 1.807) is 49.4 Å². The molecule has 0 aliphatic carbocycles. The Morgan fingerprint density at radius 3 is 2.27 bits per heavy atom. The van der Waals surface area contributed by atoms with Gasteiger partial charge in [0.15, 0.2) is 11.4 Å². The van der Waals surface area contributed by atoms with Crippen molar-refractivity contribution >= 4 is 22.7 Å². The van der Waals surface area contributed by atoms with E-state index in [9.17, 15) is 23.2 Å². The van der Waals surface area contributed by atoms with Crippen molar-refractivity contribution in [1.29, 1.82) is 0 Å². The van der Waals surface area contributed by atoms with Crippen molar-refractivity contribution in [2.75, 3.05) is 0 Å². The van der Waals surface area contributed by atoms with Gasteiger partial charge in [0, 0.05) is 40.8 Å². The maximum absolute atomic E-state index is 13.9. The molecule has 40 heavy (non-hydrogen) atoms. The number of ketones is 1. The van der Waals surface area contributed by atoms with Crippen molar-refractivity contribution in [3.05, 3.63) is 123 Å². The SMILES string of the molecule is CC(=O)c1ccc(Oc2nc(C)c3ccc(=O)n(-c4ccc(C(=O)NCc5ccc(F)cc5F)cc4)c3n2)cc1. The number of hydrogen-bond acceptors (Lipinski definition) is 6. The number of nitrogens with zero attached hydrogens (tertiary/aromatic N) is 3. The van der Waals surface area contributed by atoms with Gasteiger partial charge in [-0.25, -0.2) is 8.78 Å². The molecule has 0 aliphatic heterocycles. The zero-order chi connectivity index (χ0) is 28.4. The number of hydrogen-bond donors (Lipinski definition) is 1. The van der Waals surface area contributed by atoms with Crippen LogP contribution in [0.25, 0.3) is 16.7 Å². The number of amides is 1. The van der Waals surface area contributed by atoms with Crippen molar-refractivity contribution in [3.8, 4) is 17.4 Å². The van der Waals surface area contributed by atoms with Gasteiger partial charge in [0.2, 0.25) is 0 Å². The molecule has 0 spiro atoms. The largest absolute Gasteiger partial charge is 0.424 e. The van der Waals surface area contributed by atoms with Gasteiger partial charge in [-0.15, -0.1) is 0 Å². The van der Waals surface area contributed by atoms with Gasteiger partial charge in [-0.3, -0.25) is 19.0 Å². The number of ether oxygens (including phenoxy) is 1. The maximum Gasteiger partial charge on any atom is 0.324 e. The minimum Gasteiger partial charge on any atom is -0.424 e.